The Morgan fingerprint density at radius 1 is 1.15 bits per heavy atom. The maximum Gasteiger partial charge on any atom is 0.302 e. The van der Waals surface area contributed by atoms with Crippen LogP contribution in [0.25, 0.3) is 21.1 Å². The molecule has 3 aromatic rings. The van der Waals surface area contributed by atoms with Gasteiger partial charge in [0.1, 0.15) is 10.8 Å². The average molecular weight is 392 g/mol. The topological polar surface area (TPSA) is 55.3 Å². The molecule has 0 fully saturated rings. The van der Waals surface area contributed by atoms with Crippen molar-refractivity contribution in [2.24, 2.45) is 0 Å². The van der Waals surface area contributed by atoms with Gasteiger partial charge in [0.15, 0.2) is 0 Å². The van der Waals surface area contributed by atoms with Crippen LogP contribution in [0.15, 0.2) is 41.2 Å². The number of hydrogen-bond donors (Lipinski definition) is 0. The van der Waals surface area contributed by atoms with E-state index in [0.717, 1.165) is 22.1 Å². The van der Waals surface area contributed by atoms with Crippen LogP contribution in [0.1, 0.15) is 20.8 Å². The zero-order chi connectivity index (χ0) is 19.5. The molecule has 3 aromatic heterocycles. The van der Waals surface area contributed by atoms with Crippen LogP contribution >= 0.6 is 22.7 Å². The summed E-state index contributed by atoms with van der Waals surface area (Å²) in [6.45, 7) is 5.36. The highest BCUT2D eigenvalue weighted by Crippen LogP contribution is 2.31. The highest BCUT2D eigenvalue weighted by molar-refractivity contribution is 7.15. The zero-order valence-electron chi connectivity index (χ0n) is 16.0. The van der Waals surface area contributed by atoms with Gasteiger partial charge in [-0.15, -0.1) is 22.7 Å². The summed E-state index contributed by atoms with van der Waals surface area (Å²) in [6, 6.07) is 8.23. The minimum absolute atomic E-state index is 0.245. The Bertz CT molecular complexity index is 766. The van der Waals surface area contributed by atoms with Crippen molar-refractivity contribution in [1.82, 2.24) is 9.97 Å². The van der Waals surface area contributed by atoms with Crippen LogP contribution in [-0.4, -0.2) is 37.1 Å². The number of hydrogen-bond acceptors (Lipinski definition) is 7. The molecule has 26 heavy (non-hydrogen) atoms. The molecule has 0 atom stereocenters. The van der Waals surface area contributed by atoms with E-state index in [-0.39, 0.29) is 5.97 Å². The predicted molar refractivity (Wildman–Crippen MR) is 112 cm³/mol. The van der Waals surface area contributed by atoms with Crippen molar-refractivity contribution in [3.05, 3.63) is 41.2 Å². The van der Waals surface area contributed by atoms with E-state index < -0.39 is 0 Å². The number of pyridine rings is 1. The van der Waals surface area contributed by atoms with Crippen molar-refractivity contribution in [3.8, 4) is 21.1 Å². The first-order chi connectivity index (χ1) is 12.5. The van der Waals surface area contributed by atoms with Crippen molar-refractivity contribution >= 4 is 34.5 Å². The first-order valence-corrected chi connectivity index (χ1v) is 9.95. The van der Waals surface area contributed by atoms with E-state index in [1.807, 2.05) is 51.2 Å². The second-order valence-electron chi connectivity index (χ2n) is 5.01. The molecule has 7 heteroatoms. The Labute approximate surface area is 163 Å². The zero-order valence-corrected chi connectivity index (χ0v) is 17.6. The van der Waals surface area contributed by atoms with Gasteiger partial charge in [0.2, 0.25) is 0 Å². The van der Waals surface area contributed by atoms with Crippen LogP contribution in [0.3, 0.4) is 0 Å². The molecule has 0 amide bonds. The molecule has 3 heterocycles. The Morgan fingerprint density at radius 3 is 2.31 bits per heavy atom. The predicted octanol–water partition coefficient (Wildman–Crippen LogP) is 5.21. The lowest BCUT2D eigenvalue weighted by Crippen LogP contribution is -2.09. The van der Waals surface area contributed by atoms with Crippen LogP contribution < -0.4 is 4.90 Å². The van der Waals surface area contributed by atoms with E-state index in [9.17, 15) is 4.79 Å². The van der Waals surface area contributed by atoms with Crippen molar-refractivity contribution < 1.29 is 9.53 Å². The first-order valence-electron chi connectivity index (χ1n) is 8.19. The molecule has 0 unspecified atom stereocenters. The third kappa shape index (κ3) is 6.57. The number of rotatable bonds is 3. The molecule has 0 N–H and O–H groups in total. The van der Waals surface area contributed by atoms with Crippen LogP contribution in [0, 0.1) is 0 Å². The Morgan fingerprint density at radius 2 is 1.85 bits per heavy atom. The second-order valence-corrected chi connectivity index (χ2v) is 6.82. The molecular formula is C19H25N3O2S2. The van der Waals surface area contributed by atoms with Crippen molar-refractivity contribution in [2.45, 2.75) is 20.8 Å². The summed E-state index contributed by atoms with van der Waals surface area (Å²) in [4.78, 5) is 21.9. The monoisotopic (exact) mass is 391 g/mol. The van der Waals surface area contributed by atoms with Gasteiger partial charge in [-0.05, 0) is 23.6 Å². The van der Waals surface area contributed by atoms with E-state index in [0.29, 0.717) is 0 Å². The number of nitrogens with zero attached hydrogens (tertiary/aromatic N) is 3. The number of methoxy groups -OCH3 is 1. The third-order valence-corrected chi connectivity index (χ3v) is 4.80. The summed E-state index contributed by atoms with van der Waals surface area (Å²) < 4.78 is 4.11. The van der Waals surface area contributed by atoms with Gasteiger partial charge < -0.3 is 9.64 Å². The van der Waals surface area contributed by atoms with E-state index in [1.165, 1.54) is 18.9 Å². The molecule has 0 aliphatic rings. The normalized spacial score (nSPS) is 9.31. The van der Waals surface area contributed by atoms with Crippen molar-refractivity contribution in [1.29, 1.82) is 0 Å². The van der Waals surface area contributed by atoms with Crippen molar-refractivity contribution in [3.63, 3.8) is 0 Å². The van der Waals surface area contributed by atoms with E-state index in [2.05, 4.69) is 37.6 Å². The minimum Gasteiger partial charge on any atom is -0.469 e. The molecule has 0 spiro atoms. The van der Waals surface area contributed by atoms with Crippen LogP contribution in [-0.2, 0) is 9.53 Å². The van der Waals surface area contributed by atoms with E-state index in [1.54, 1.807) is 22.7 Å². The van der Waals surface area contributed by atoms with Gasteiger partial charge in [-0.1, -0.05) is 19.9 Å². The molecule has 0 saturated heterocycles. The summed E-state index contributed by atoms with van der Waals surface area (Å²) in [5.41, 5.74) is 2.12. The number of thiophene rings is 1. The maximum absolute atomic E-state index is 9.59. The number of aromatic nitrogens is 2. The van der Waals surface area contributed by atoms with Crippen LogP contribution in [0.2, 0.25) is 0 Å². The summed E-state index contributed by atoms with van der Waals surface area (Å²) >= 11 is 3.37. The fraction of sp³-hybridized carbons (Fsp3) is 0.316. The van der Waals surface area contributed by atoms with Gasteiger partial charge in [0, 0.05) is 38.2 Å². The number of carbonyl (C=O) groups excluding carboxylic acids is 1. The molecular weight excluding hydrogens is 366 g/mol. The molecule has 0 aromatic carbocycles. The minimum atomic E-state index is -0.245. The molecule has 0 bridgehead atoms. The van der Waals surface area contributed by atoms with Gasteiger partial charge >= 0.3 is 5.97 Å². The van der Waals surface area contributed by atoms with Gasteiger partial charge in [0.05, 0.1) is 17.7 Å². The lowest BCUT2D eigenvalue weighted by atomic mass is 10.3. The van der Waals surface area contributed by atoms with Gasteiger partial charge in [-0.25, -0.2) is 9.97 Å². The van der Waals surface area contributed by atoms with Crippen molar-refractivity contribution in [2.75, 3.05) is 26.1 Å². The fourth-order valence-corrected chi connectivity index (χ4v) is 3.29. The highest BCUT2D eigenvalue weighted by atomic mass is 32.1. The lowest BCUT2D eigenvalue weighted by molar-refractivity contribution is -0.137. The third-order valence-electron chi connectivity index (χ3n) is 3.02. The van der Waals surface area contributed by atoms with Gasteiger partial charge in [0.25, 0.3) is 0 Å². The summed E-state index contributed by atoms with van der Waals surface area (Å²) in [5.74, 6) is 0.712. The molecule has 0 aliphatic carbocycles. The molecule has 140 valence electrons. The SMILES string of the molecule is CC.CN(C)c1ccc(-c2nc(-c3cccs3)cs2)cn1.COC(C)=O. The van der Waals surface area contributed by atoms with Gasteiger partial charge in [-0.2, -0.15) is 0 Å². The van der Waals surface area contributed by atoms with Crippen LogP contribution in [0.4, 0.5) is 5.82 Å². The number of carbonyl (C=O) groups is 1. The van der Waals surface area contributed by atoms with Crippen LogP contribution in [0.5, 0.6) is 0 Å². The number of anilines is 1. The Kier molecular flexibility index (Phi) is 9.54. The highest BCUT2D eigenvalue weighted by Gasteiger charge is 2.08. The Hall–Kier alpha value is -2.25. The lowest BCUT2D eigenvalue weighted by Gasteiger charge is -2.10. The second kappa shape index (κ2) is 11.4. The summed E-state index contributed by atoms with van der Waals surface area (Å²) in [6.07, 6.45) is 1.88. The number of ether oxygens (including phenoxy) is 1. The first kappa shape index (κ1) is 21.8. The largest absolute Gasteiger partial charge is 0.469 e. The molecule has 0 saturated carbocycles. The van der Waals surface area contributed by atoms with E-state index >= 15 is 0 Å². The smallest absolute Gasteiger partial charge is 0.302 e. The maximum atomic E-state index is 9.59. The number of thiazole rings is 1. The summed E-state index contributed by atoms with van der Waals surface area (Å²) in [5, 5.41) is 5.18. The molecule has 3 rings (SSSR count). The molecule has 5 nitrogen and oxygen atoms in total. The number of esters is 1. The summed E-state index contributed by atoms with van der Waals surface area (Å²) in [7, 11) is 5.32. The fourth-order valence-electron chi connectivity index (χ4n) is 1.72. The molecule has 0 radical (unpaired) electrons. The van der Waals surface area contributed by atoms with Gasteiger partial charge in [-0.3, -0.25) is 4.79 Å². The Balaban J connectivity index is 0.000000420. The molecule has 0 aliphatic heterocycles. The quantitative estimate of drug-likeness (QED) is 0.574. The average Bonchev–Trinajstić information content (AvgIpc) is 3.35. The van der Waals surface area contributed by atoms with E-state index in [4.69, 9.17) is 0 Å². The standard InChI is InChI=1S/C14H13N3S2.C3H6O2.C2H6/c1-17(2)13-6-5-10(8-15-13)14-16-11(9-19-14)12-4-3-7-18-12;1-3(4)5-2;1-2/h3-9H,1-2H3;1-2H3;1-2H3.